The van der Waals surface area contributed by atoms with Crippen molar-refractivity contribution < 1.29 is 5.11 Å². The summed E-state index contributed by atoms with van der Waals surface area (Å²) in [5.41, 5.74) is 1.63. The molecule has 2 heterocycles. The van der Waals surface area contributed by atoms with Gasteiger partial charge in [0, 0.05) is 30.2 Å². The summed E-state index contributed by atoms with van der Waals surface area (Å²) in [5.74, 6) is 0. The summed E-state index contributed by atoms with van der Waals surface area (Å²) in [5, 5.41) is 9.89. The van der Waals surface area contributed by atoms with Crippen molar-refractivity contribution in [1.29, 1.82) is 0 Å². The Morgan fingerprint density at radius 1 is 1.32 bits per heavy atom. The second-order valence-corrected chi connectivity index (χ2v) is 5.61. The monoisotopic (exact) mass is 259 g/mol. The SMILES string of the molecule is CC(C)N1C=C(c2ccc(C(C)(C)O)nc2)N=CC1. The molecule has 4 nitrogen and oxygen atoms in total. The lowest BCUT2D eigenvalue weighted by Crippen LogP contribution is -2.29. The van der Waals surface area contributed by atoms with Crippen LogP contribution in [0.5, 0.6) is 0 Å². The molecule has 2 rings (SSSR count). The van der Waals surface area contributed by atoms with E-state index in [1.165, 1.54) is 0 Å². The van der Waals surface area contributed by atoms with E-state index >= 15 is 0 Å². The number of hydrogen-bond acceptors (Lipinski definition) is 4. The van der Waals surface area contributed by atoms with Crippen LogP contribution in [-0.4, -0.2) is 33.8 Å². The number of aliphatic imine (C=N–C) groups is 1. The fourth-order valence-corrected chi connectivity index (χ4v) is 1.89. The smallest absolute Gasteiger partial charge is 0.101 e. The van der Waals surface area contributed by atoms with Crippen LogP contribution in [0.25, 0.3) is 5.70 Å². The van der Waals surface area contributed by atoms with Gasteiger partial charge in [-0.1, -0.05) is 0 Å². The van der Waals surface area contributed by atoms with Crippen molar-refractivity contribution in [3.05, 3.63) is 35.8 Å². The third kappa shape index (κ3) is 3.20. The van der Waals surface area contributed by atoms with Crippen molar-refractivity contribution in [3.8, 4) is 0 Å². The van der Waals surface area contributed by atoms with Gasteiger partial charge in [-0.15, -0.1) is 0 Å². The maximum absolute atomic E-state index is 9.89. The summed E-state index contributed by atoms with van der Waals surface area (Å²) in [6, 6.07) is 4.25. The van der Waals surface area contributed by atoms with Crippen molar-refractivity contribution in [3.63, 3.8) is 0 Å². The lowest BCUT2D eigenvalue weighted by molar-refractivity contribution is 0.0738. The summed E-state index contributed by atoms with van der Waals surface area (Å²) in [6.45, 7) is 8.61. The third-order valence-corrected chi connectivity index (χ3v) is 3.16. The number of rotatable bonds is 3. The van der Waals surface area contributed by atoms with E-state index in [1.807, 2.05) is 18.3 Å². The van der Waals surface area contributed by atoms with Gasteiger partial charge in [0.05, 0.1) is 17.9 Å². The van der Waals surface area contributed by atoms with E-state index in [9.17, 15) is 5.11 Å². The van der Waals surface area contributed by atoms with Gasteiger partial charge in [0.25, 0.3) is 0 Å². The first-order valence-corrected chi connectivity index (χ1v) is 6.57. The Morgan fingerprint density at radius 2 is 2.05 bits per heavy atom. The van der Waals surface area contributed by atoms with Crippen LogP contribution in [0.15, 0.2) is 29.5 Å². The van der Waals surface area contributed by atoms with Gasteiger partial charge in [0.2, 0.25) is 0 Å². The molecule has 0 fully saturated rings. The molecule has 0 atom stereocenters. The topological polar surface area (TPSA) is 48.7 Å². The first kappa shape index (κ1) is 13.7. The maximum Gasteiger partial charge on any atom is 0.101 e. The number of aliphatic hydroxyl groups is 1. The standard InChI is InChI=1S/C15H21N3O/c1-11(2)18-8-7-16-13(10-18)12-5-6-14(17-9-12)15(3,4)19/h5-7,9-11,19H,8H2,1-4H3. The molecule has 1 aliphatic heterocycles. The highest BCUT2D eigenvalue weighted by atomic mass is 16.3. The Bertz CT molecular complexity index is 495. The summed E-state index contributed by atoms with van der Waals surface area (Å²) in [6.07, 6.45) is 5.74. The number of nitrogens with zero attached hydrogens (tertiary/aromatic N) is 3. The molecule has 1 N–H and O–H groups in total. The highest BCUT2D eigenvalue weighted by molar-refractivity contribution is 5.76. The molecule has 1 aromatic heterocycles. The molecule has 1 aromatic rings. The Kier molecular flexibility index (Phi) is 3.71. The molecule has 0 aliphatic carbocycles. The van der Waals surface area contributed by atoms with Crippen molar-refractivity contribution in [2.75, 3.05) is 6.54 Å². The lowest BCUT2D eigenvalue weighted by atomic mass is 10.0. The molecule has 0 radical (unpaired) electrons. The second kappa shape index (κ2) is 5.13. The molecule has 4 heteroatoms. The van der Waals surface area contributed by atoms with E-state index in [0.717, 1.165) is 17.8 Å². The molecular formula is C15H21N3O. The van der Waals surface area contributed by atoms with Crippen LogP contribution in [-0.2, 0) is 5.60 Å². The van der Waals surface area contributed by atoms with Gasteiger partial charge in [-0.3, -0.25) is 9.98 Å². The lowest BCUT2D eigenvalue weighted by Gasteiger charge is -2.26. The van der Waals surface area contributed by atoms with Crippen molar-refractivity contribution >= 4 is 11.9 Å². The minimum absolute atomic E-state index is 0.449. The van der Waals surface area contributed by atoms with Gasteiger partial charge in [-0.05, 0) is 39.8 Å². The number of aromatic nitrogens is 1. The van der Waals surface area contributed by atoms with E-state index in [1.54, 1.807) is 20.0 Å². The molecule has 0 bridgehead atoms. The van der Waals surface area contributed by atoms with Crippen LogP contribution >= 0.6 is 0 Å². The van der Waals surface area contributed by atoms with E-state index in [4.69, 9.17) is 0 Å². The van der Waals surface area contributed by atoms with Crippen molar-refractivity contribution in [2.45, 2.75) is 39.3 Å². The summed E-state index contributed by atoms with van der Waals surface area (Å²) in [7, 11) is 0. The Morgan fingerprint density at radius 3 is 2.58 bits per heavy atom. The van der Waals surface area contributed by atoms with Crippen LogP contribution in [0, 0.1) is 0 Å². The van der Waals surface area contributed by atoms with E-state index in [0.29, 0.717) is 11.7 Å². The Balaban J connectivity index is 2.25. The molecule has 0 saturated carbocycles. The molecule has 1 aliphatic rings. The predicted molar refractivity (Wildman–Crippen MR) is 77.8 cm³/mol. The molecule has 0 saturated heterocycles. The highest BCUT2D eigenvalue weighted by Gasteiger charge is 2.18. The first-order chi connectivity index (χ1) is 8.88. The van der Waals surface area contributed by atoms with Crippen LogP contribution in [0.2, 0.25) is 0 Å². The van der Waals surface area contributed by atoms with Gasteiger partial charge >= 0.3 is 0 Å². The molecule has 0 aromatic carbocycles. The van der Waals surface area contributed by atoms with Crippen LogP contribution < -0.4 is 0 Å². The third-order valence-electron chi connectivity index (χ3n) is 3.16. The minimum Gasteiger partial charge on any atom is -0.384 e. The minimum atomic E-state index is -0.910. The van der Waals surface area contributed by atoms with Gasteiger partial charge in [-0.25, -0.2) is 0 Å². The average molecular weight is 259 g/mol. The zero-order valence-electron chi connectivity index (χ0n) is 12.0. The largest absolute Gasteiger partial charge is 0.384 e. The van der Waals surface area contributed by atoms with Crippen molar-refractivity contribution in [1.82, 2.24) is 9.88 Å². The first-order valence-electron chi connectivity index (χ1n) is 6.57. The zero-order valence-corrected chi connectivity index (χ0v) is 12.0. The molecule has 19 heavy (non-hydrogen) atoms. The molecule has 0 unspecified atom stereocenters. The van der Waals surface area contributed by atoms with Gasteiger partial charge in [-0.2, -0.15) is 0 Å². The molecule has 0 spiro atoms. The average Bonchev–Trinajstić information content (AvgIpc) is 2.38. The van der Waals surface area contributed by atoms with Crippen LogP contribution in [0.4, 0.5) is 0 Å². The molecule has 0 amide bonds. The van der Waals surface area contributed by atoms with Crippen LogP contribution in [0.1, 0.15) is 39.0 Å². The summed E-state index contributed by atoms with van der Waals surface area (Å²) >= 11 is 0. The van der Waals surface area contributed by atoms with E-state index in [2.05, 4.69) is 34.9 Å². The fourth-order valence-electron chi connectivity index (χ4n) is 1.89. The normalized spacial score (nSPS) is 15.9. The summed E-state index contributed by atoms with van der Waals surface area (Å²) in [4.78, 5) is 11.0. The van der Waals surface area contributed by atoms with E-state index in [-0.39, 0.29) is 0 Å². The summed E-state index contributed by atoms with van der Waals surface area (Å²) < 4.78 is 0. The second-order valence-electron chi connectivity index (χ2n) is 5.61. The van der Waals surface area contributed by atoms with Crippen LogP contribution in [0.3, 0.4) is 0 Å². The van der Waals surface area contributed by atoms with Gasteiger partial charge in [0.1, 0.15) is 5.60 Å². The predicted octanol–water partition coefficient (Wildman–Crippen LogP) is 2.40. The van der Waals surface area contributed by atoms with Gasteiger partial charge < -0.3 is 10.0 Å². The zero-order chi connectivity index (χ0) is 14.0. The van der Waals surface area contributed by atoms with Gasteiger partial charge in [0.15, 0.2) is 0 Å². The Labute approximate surface area is 114 Å². The number of pyridine rings is 1. The number of hydrogen-bond donors (Lipinski definition) is 1. The quantitative estimate of drug-likeness (QED) is 0.906. The Hall–Kier alpha value is -1.68. The molecular weight excluding hydrogens is 238 g/mol. The van der Waals surface area contributed by atoms with E-state index < -0.39 is 5.60 Å². The highest BCUT2D eigenvalue weighted by Crippen LogP contribution is 2.22. The molecule has 102 valence electrons. The van der Waals surface area contributed by atoms with Crippen molar-refractivity contribution in [2.24, 2.45) is 4.99 Å². The fraction of sp³-hybridized carbons (Fsp3) is 0.467. The maximum atomic E-state index is 9.89.